The molecule has 1 unspecified atom stereocenters. The molecule has 0 saturated heterocycles. The van der Waals surface area contributed by atoms with Crippen LogP contribution in [-0.2, 0) is 15.0 Å². The monoisotopic (exact) mass is 364 g/mol. The molecule has 0 fully saturated rings. The second kappa shape index (κ2) is 8.67. The Hall–Kier alpha value is -2.88. The van der Waals surface area contributed by atoms with Crippen LogP contribution in [0.4, 0.5) is 11.4 Å². The molecule has 4 nitrogen and oxygen atoms in total. The highest BCUT2D eigenvalue weighted by Gasteiger charge is 2.23. The summed E-state index contributed by atoms with van der Waals surface area (Å²) in [6, 6.07) is 15.3. The molecule has 0 bridgehead atoms. The number of carbonyl (C=O) groups excluding carboxylic acids is 2. The number of para-hydroxylation sites is 1. The van der Waals surface area contributed by atoms with E-state index < -0.39 is 6.04 Å². The van der Waals surface area contributed by atoms with E-state index in [0.717, 1.165) is 29.5 Å². The number of allylic oxidation sites excluding steroid dienone is 1. The SMILES string of the molecule is CNc1ccccc1/C(=C\C=O)C(C=O)N(C)c1ccc(C(C)(C)C)cc1. The largest absolute Gasteiger partial charge is 0.388 e. The summed E-state index contributed by atoms with van der Waals surface area (Å²) in [5.41, 5.74) is 4.57. The van der Waals surface area contributed by atoms with E-state index in [4.69, 9.17) is 0 Å². The number of hydrogen-bond donors (Lipinski definition) is 1. The van der Waals surface area contributed by atoms with Crippen molar-refractivity contribution in [3.63, 3.8) is 0 Å². The third-order valence-electron chi connectivity index (χ3n) is 4.76. The van der Waals surface area contributed by atoms with Crippen LogP contribution in [0, 0.1) is 0 Å². The number of aldehydes is 2. The summed E-state index contributed by atoms with van der Waals surface area (Å²) < 4.78 is 0. The standard InChI is InChI=1S/C23H28N2O2/c1-23(2,3)17-10-12-18(13-11-17)25(5)22(16-27)20(14-15-26)19-8-6-7-9-21(19)24-4/h6-16,22,24H,1-5H3/b20-14+. The maximum Gasteiger partial charge on any atom is 0.147 e. The van der Waals surface area contributed by atoms with Gasteiger partial charge in [-0.25, -0.2) is 0 Å². The minimum Gasteiger partial charge on any atom is -0.388 e. The van der Waals surface area contributed by atoms with Gasteiger partial charge in [0.15, 0.2) is 0 Å². The molecule has 0 amide bonds. The first-order valence-electron chi connectivity index (χ1n) is 9.04. The van der Waals surface area contributed by atoms with Crippen molar-refractivity contribution in [2.24, 2.45) is 0 Å². The van der Waals surface area contributed by atoms with Gasteiger partial charge in [0.05, 0.1) is 0 Å². The molecule has 0 heterocycles. The number of nitrogens with one attached hydrogen (secondary N) is 1. The van der Waals surface area contributed by atoms with Crippen LogP contribution < -0.4 is 10.2 Å². The lowest BCUT2D eigenvalue weighted by molar-refractivity contribution is -0.107. The summed E-state index contributed by atoms with van der Waals surface area (Å²) >= 11 is 0. The summed E-state index contributed by atoms with van der Waals surface area (Å²) in [4.78, 5) is 25.2. The first-order chi connectivity index (χ1) is 12.8. The molecular weight excluding hydrogens is 336 g/mol. The first-order valence-corrected chi connectivity index (χ1v) is 9.04. The van der Waals surface area contributed by atoms with E-state index in [9.17, 15) is 9.59 Å². The maximum atomic E-state index is 12.0. The van der Waals surface area contributed by atoms with Gasteiger partial charge in [-0.05, 0) is 40.8 Å². The molecule has 0 saturated carbocycles. The third kappa shape index (κ3) is 4.64. The van der Waals surface area contributed by atoms with Crippen LogP contribution in [0.1, 0.15) is 31.9 Å². The van der Waals surface area contributed by atoms with Gasteiger partial charge in [-0.15, -0.1) is 0 Å². The van der Waals surface area contributed by atoms with Crippen LogP contribution in [0.3, 0.4) is 0 Å². The predicted molar refractivity (Wildman–Crippen MR) is 113 cm³/mol. The quantitative estimate of drug-likeness (QED) is 0.587. The molecule has 142 valence electrons. The van der Waals surface area contributed by atoms with E-state index in [1.807, 2.05) is 55.4 Å². The van der Waals surface area contributed by atoms with Crippen molar-refractivity contribution in [2.75, 3.05) is 24.3 Å². The average Bonchev–Trinajstić information content (AvgIpc) is 2.67. The van der Waals surface area contributed by atoms with Gasteiger partial charge in [-0.3, -0.25) is 4.79 Å². The number of carbonyl (C=O) groups is 2. The Morgan fingerprint density at radius 1 is 1.04 bits per heavy atom. The van der Waals surface area contributed by atoms with Crippen molar-refractivity contribution >= 4 is 29.5 Å². The zero-order chi connectivity index (χ0) is 20.0. The van der Waals surface area contributed by atoms with Gasteiger partial charge in [-0.1, -0.05) is 51.1 Å². The molecule has 0 spiro atoms. The van der Waals surface area contributed by atoms with Gasteiger partial charge in [0.1, 0.15) is 18.6 Å². The summed E-state index contributed by atoms with van der Waals surface area (Å²) in [5, 5.41) is 3.12. The molecule has 2 aromatic rings. The molecule has 0 aromatic heterocycles. The van der Waals surface area contributed by atoms with E-state index in [0.29, 0.717) is 5.57 Å². The van der Waals surface area contributed by atoms with Gasteiger partial charge in [0.2, 0.25) is 0 Å². The molecular formula is C23H28N2O2. The van der Waals surface area contributed by atoms with Crippen LogP contribution >= 0.6 is 0 Å². The minimum absolute atomic E-state index is 0.0650. The number of likely N-dealkylation sites (N-methyl/N-ethyl adjacent to an activating group) is 1. The zero-order valence-electron chi connectivity index (χ0n) is 16.7. The lowest BCUT2D eigenvalue weighted by Crippen LogP contribution is -2.34. The fraction of sp³-hybridized carbons (Fsp3) is 0.304. The topological polar surface area (TPSA) is 49.4 Å². The lowest BCUT2D eigenvalue weighted by Gasteiger charge is -2.29. The van der Waals surface area contributed by atoms with Gasteiger partial charge < -0.3 is 15.0 Å². The second-order valence-electron chi connectivity index (χ2n) is 7.54. The van der Waals surface area contributed by atoms with E-state index in [1.54, 1.807) is 0 Å². The van der Waals surface area contributed by atoms with Crippen molar-refractivity contribution < 1.29 is 9.59 Å². The van der Waals surface area contributed by atoms with Gasteiger partial charge in [0.25, 0.3) is 0 Å². The Morgan fingerprint density at radius 2 is 1.67 bits per heavy atom. The number of benzene rings is 2. The summed E-state index contributed by atoms with van der Waals surface area (Å²) in [6.07, 6.45) is 3.07. The van der Waals surface area contributed by atoms with Crippen LogP contribution in [0.15, 0.2) is 54.6 Å². The highest BCUT2D eigenvalue weighted by atomic mass is 16.1. The fourth-order valence-corrected chi connectivity index (χ4v) is 3.10. The number of anilines is 2. The molecule has 0 aliphatic heterocycles. The molecule has 27 heavy (non-hydrogen) atoms. The number of rotatable bonds is 7. The zero-order valence-corrected chi connectivity index (χ0v) is 16.7. The predicted octanol–water partition coefficient (Wildman–Crippen LogP) is 4.31. The molecule has 2 rings (SSSR count). The Labute approximate surface area is 161 Å². The molecule has 2 aromatic carbocycles. The van der Waals surface area contributed by atoms with Crippen molar-refractivity contribution in [2.45, 2.75) is 32.2 Å². The van der Waals surface area contributed by atoms with Crippen LogP contribution in [0.5, 0.6) is 0 Å². The normalized spacial score (nSPS) is 13.0. The Balaban J connectivity index is 2.44. The van der Waals surface area contributed by atoms with Gasteiger partial charge in [-0.2, -0.15) is 0 Å². The molecule has 1 N–H and O–H groups in total. The van der Waals surface area contributed by atoms with Crippen molar-refractivity contribution in [3.8, 4) is 0 Å². The van der Waals surface area contributed by atoms with Crippen LogP contribution in [0.2, 0.25) is 0 Å². The summed E-state index contributed by atoms with van der Waals surface area (Å²) in [7, 11) is 3.69. The third-order valence-corrected chi connectivity index (χ3v) is 4.76. The number of nitrogens with zero attached hydrogens (tertiary/aromatic N) is 1. The molecule has 1 atom stereocenters. The average molecular weight is 364 g/mol. The Bertz CT molecular complexity index is 817. The molecule has 0 radical (unpaired) electrons. The van der Waals surface area contributed by atoms with Gasteiger partial charge in [0, 0.05) is 31.0 Å². The minimum atomic E-state index is -0.579. The highest BCUT2D eigenvalue weighted by molar-refractivity contribution is 5.96. The lowest BCUT2D eigenvalue weighted by atomic mass is 9.87. The fourth-order valence-electron chi connectivity index (χ4n) is 3.10. The van der Waals surface area contributed by atoms with Crippen LogP contribution in [0.25, 0.3) is 5.57 Å². The second-order valence-corrected chi connectivity index (χ2v) is 7.54. The van der Waals surface area contributed by atoms with E-state index in [1.165, 1.54) is 11.6 Å². The Kier molecular flexibility index (Phi) is 6.56. The number of hydrogen-bond acceptors (Lipinski definition) is 4. The Morgan fingerprint density at radius 3 is 2.19 bits per heavy atom. The first kappa shape index (κ1) is 20.4. The summed E-state index contributed by atoms with van der Waals surface area (Å²) in [6.45, 7) is 6.50. The highest BCUT2D eigenvalue weighted by Crippen LogP contribution is 2.31. The van der Waals surface area contributed by atoms with Crippen molar-refractivity contribution in [3.05, 3.63) is 65.7 Å². The molecule has 4 heteroatoms. The van der Waals surface area contributed by atoms with Crippen LogP contribution in [-0.4, -0.2) is 32.7 Å². The summed E-state index contributed by atoms with van der Waals surface area (Å²) in [5.74, 6) is 0. The molecule has 0 aliphatic rings. The van der Waals surface area contributed by atoms with Crippen molar-refractivity contribution in [1.82, 2.24) is 0 Å². The van der Waals surface area contributed by atoms with Gasteiger partial charge >= 0.3 is 0 Å². The smallest absolute Gasteiger partial charge is 0.147 e. The van der Waals surface area contributed by atoms with Crippen molar-refractivity contribution in [1.29, 1.82) is 0 Å². The van der Waals surface area contributed by atoms with E-state index in [2.05, 4.69) is 38.2 Å². The van der Waals surface area contributed by atoms with E-state index >= 15 is 0 Å². The maximum absolute atomic E-state index is 12.0. The molecule has 0 aliphatic carbocycles. The van der Waals surface area contributed by atoms with E-state index in [-0.39, 0.29) is 5.41 Å².